The van der Waals surface area contributed by atoms with Crippen LogP contribution in [0.15, 0.2) is 72.8 Å². The Kier molecular flexibility index (Phi) is 15.2. The second-order valence-corrected chi connectivity index (χ2v) is 17.9. The molecule has 1 saturated carbocycles. The Morgan fingerprint density at radius 3 is 2.29 bits per heavy atom. The molecule has 0 spiro atoms. The molecule has 3 aliphatic rings. The molecule has 0 radical (unpaired) electrons. The van der Waals surface area contributed by atoms with Gasteiger partial charge in [-0.05, 0) is 105 Å². The van der Waals surface area contributed by atoms with Crippen LogP contribution in [0.1, 0.15) is 133 Å². The van der Waals surface area contributed by atoms with Gasteiger partial charge in [-0.3, -0.25) is 19.3 Å². The lowest BCUT2D eigenvalue weighted by molar-refractivity contribution is -0.278. The number of benzene rings is 3. The zero-order valence-electron chi connectivity index (χ0n) is 35.3. The number of carbonyl (C=O) groups is 3. The third-order valence-corrected chi connectivity index (χ3v) is 12.2. The Morgan fingerprint density at radius 2 is 1.55 bits per heavy atom. The van der Waals surface area contributed by atoms with Gasteiger partial charge >= 0.3 is 0 Å². The number of rotatable bonds is 15. The average Bonchev–Trinajstić information content (AvgIpc) is 3.21. The number of aliphatic hydroxyl groups is 1. The van der Waals surface area contributed by atoms with E-state index < -0.39 is 6.29 Å². The number of hydrogen-bond donors (Lipinski definition) is 4. The van der Waals surface area contributed by atoms with Gasteiger partial charge in [-0.2, -0.15) is 0 Å². The van der Waals surface area contributed by atoms with E-state index >= 15 is 0 Å². The van der Waals surface area contributed by atoms with Crippen molar-refractivity contribution in [2.45, 2.75) is 148 Å². The van der Waals surface area contributed by atoms with Crippen molar-refractivity contribution in [2.24, 2.45) is 11.8 Å². The molecule has 2 heterocycles. The molecule has 1 aliphatic carbocycles. The van der Waals surface area contributed by atoms with Crippen molar-refractivity contribution in [3.05, 3.63) is 95.1 Å². The highest BCUT2D eigenvalue weighted by atomic mass is 16.7. The lowest BCUT2D eigenvalue weighted by atomic mass is 9.75. The minimum absolute atomic E-state index is 0.00895. The molecule has 3 aromatic rings. The standard InChI is InChI=1S/C48H66N4O6/c1-32-43(30-52-41-18-9-8-14-36(41)24-25-42(52)46(56)51-48(3,4)5)57-47(58-45(32)37-22-20-34(31-53)21-23-37)40-17-12-16-39(28-40)38-15-11-13-35(27-38)29-50-44(55)19-7-6-10-26-49-33(2)54/h11-13,15-17,20-23,27-28,32,36,41-43,45,47,53H,6-10,14,18-19,24-26,29-31H2,1-5H3,(H,49,54)(H,50,55)(H,51,56). The van der Waals surface area contributed by atoms with Gasteiger partial charge in [0.2, 0.25) is 17.7 Å². The van der Waals surface area contributed by atoms with E-state index in [1.165, 1.54) is 26.2 Å². The molecule has 314 valence electrons. The Labute approximate surface area is 345 Å². The Hall–Kier alpha value is -4.09. The van der Waals surface area contributed by atoms with E-state index in [1.807, 2.05) is 51.1 Å². The molecular formula is C48H66N4O6. The number of amides is 3. The van der Waals surface area contributed by atoms with Crippen molar-refractivity contribution in [1.29, 1.82) is 0 Å². The molecule has 10 heteroatoms. The summed E-state index contributed by atoms with van der Waals surface area (Å²) in [6, 6.07) is 24.7. The first-order valence-corrected chi connectivity index (χ1v) is 21.7. The normalized spacial score (nSPS) is 25.0. The summed E-state index contributed by atoms with van der Waals surface area (Å²) in [5, 5.41) is 18.9. The van der Waals surface area contributed by atoms with Gasteiger partial charge in [-0.25, -0.2) is 0 Å². The third-order valence-electron chi connectivity index (χ3n) is 12.2. The average molecular weight is 795 g/mol. The maximum atomic E-state index is 13.9. The molecule has 3 aromatic carbocycles. The summed E-state index contributed by atoms with van der Waals surface area (Å²) in [6.45, 7) is 11.6. The Morgan fingerprint density at radius 1 is 0.810 bits per heavy atom. The highest BCUT2D eigenvalue weighted by Gasteiger charge is 2.46. The Bertz CT molecular complexity index is 1830. The van der Waals surface area contributed by atoms with Crippen LogP contribution < -0.4 is 16.0 Å². The molecule has 0 aromatic heterocycles. The largest absolute Gasteiger partial charge is 0.392 e. The molecule has 2 saturated heterocycles. The molecule has 58 heavy (non-hydrogen) atoms. The van der Waals surface area contributed by atoms with Gasteiger partial charge in [0.05, 0.1) is 24.9 Å². The van der Waals surface area contributed by atoms with Gasteiger partial charge in [0.1, 0.15) is 0 Å². The lowest BCUT2D eigenvalue weighted by Gasteiger charge is -2.51. The van der Waals surface area contributed by atoms with E-state index in [2.05, 4.69) is 70.2 Å². The summed E-state index contributed by atoms with van der Waals surface area (Å²) < 4.78 is 13.9. The molecule has 0 bridgehead atoms. The third kappa shape index (κ3) is 11.8. The van der Waals surface area contributed by atoms with Crippen LogP contribution in [0.25, 0.3) is 11.1 Å². The number of nitrogens with zero attached hydrogens (tertiary/aromatic N) is 1. The number of carbonyl (C=O) groups excluding carboxylic acids is 3. The summed E-state index contributed by atoms with van der Waals surface area (Å²) in [7, 11) is 0. The molecular weight excluding hydrogens is 729 g/mol. The molecule has 3 fully saturated rings. The van der Waals surface area contributed by atoms with E-state index in [9.17, 15) is 19.5 Å². The number of hydrogen-bond acceptors (Lipinski definition) is 7. The van der Waals surface area contributed by atoms with Crippen LogP contribution in [0.3, 0.4) is 0 Å². The van der Waals surface area contributed by atoms with Gasteiger partial charge in [0.15, 0.2) is 6.29 Å². The van der Waals surface area contributed by atoms with Crippen LogP contribution >= 0.6 is 0 Å². The van der Waals surface area contributed by atoms with Gasteiger partial charge in [-0.1, -0.05) is 86.8 Å². The van der Waals surface area contributed by atoms with E-state index in [0.29, 0.717) is 38.0 Å². The number of nitrogens with one attached hydrogen (secondary N) is 3. The first-order valence-electron chi connectivity index (χ1n) is 21.7. The second kappa shape index (κ2) is 20.2. The molecule has 6 rings (SSSR count). The zero-order valence-corrected chi connectivity index (χ0v) is 35.3. The highest BCUT2D eigenvalue weighted by Crippen LogP contribution is 2.45. The van der Waals surface area contributed by atoms with Gasteiger partial charge < -0.3 is 30.5 Å². The first kappa shape index (κ1) is 43.5. The van der Waals surface area contributed by atoms with Gasteiger partial charge in [0, 0.05) is 56.0 Å². The number of unbranched alkanes of at least 4 members (excludes halogenated alkanes) is 2. The van der Waals surface area contributed by atoms with E-state index in [0.717, 1.165) is 71.9 Å². The van der Waals surface area contributed by atoms with Crippen molar-refractivity contribution >= 4 is 17.7 Å². The number of likely N-dealkylation sites (tertiary alicyclic amines) is 1. The summed E-state index contributed by atoms with van der Waals surface area (Å²) in [5.74, 6) is 0.679. The minimum atomic E-state index is -0.641. The molecule has 7 atom stereocenters. The fourth-order valence-electron chi connectivity index (χ4n) is 9.13. The zero-order chi connectivity index (χ0) is 41.2. The van der Waals surface area contributed by atoms with Crippen molar-refractivity contribution in [2.75, 3.05) is 13.1 Å². The quantitative estimate of drug-likeness (QED) is 0.115. The number of piperidine rings is 1. The van der Waals surface area contributed by atoms with Crippen LogP contribution in [0.2, 0.25) is 0 Å². The van der Waals surface area contributed by atoms with Gasteiger partial charge in [-0.15, -0.1) is 0 Å². The predicted octanol–water partition coefficient (Wildman–Crippen LogP) is 7.89. The Balaban J connectivity index is 1.20. The minimum Gasteiger partial charge on any atom is -0.392 e. The van der Waals surface area contributed by atoms with Crippen molar-refractivity contribution in [3.63, 3.8) is 0 Å². The van der Waals surface area contributed by atoms with Gasteiger partial charge in [0.25, 0.3) is 0 Å². The summed E-state index contributed by atoms with van der Waals surface area (Å²) in [6.07, 6.45) is 8.55. The summed E-state index contributed by atoms with van der Waals surface area (Å²) in [4.78, 5) is 40.1. The fourth-order valence-corrected chi connectivity index (χ4v) is 9.13. The lowest BCUT2D eigenvalue weighted by Crippen LogP contribution is -2.61. The van der Waals surface area contributed by atoms with Crippen LogP contribution in [-0.4, -0.2) is 64.5 Å². The summed E-state index contributed by atoms with van der Waals surface area (Å²) in [5.41, 5.74) is 5.56. The van der Waals surface area contributed by atoms with Crippen LogP contribution in [0, 0.1) is 11.8 Å². The van der Waals surface area contributed by atoms with Crippen molar-refractivity contribution in [3.8, 4) is 11.1 Å². The highest BCUT2D eigenvalue weighted by molar-refractivity contribution is 5.82. The maximum Gasteiger partial charge on any atom is 0.237 e. The molecule has 4 N–H and O–H groups in total. The number of aliphatic hydroxyl groups excluding tert-OH is 1. The van der Waals surface area contributed by atoms with Crippen molar-refractivity contribution in [1.82, 2.24) is 20.9 Å². The first-order chi connectivity index (χ1) is 27.9. The van der Waals surface area contributed by atoms with E-state index in [4.69, 9.17) is 9.47 Å². The smallest absolute Gasteiger partial charge is 0.237 e. The second-order valence-electron chi connectivity index (χ2n) is 17.9. The molecule has 2 aliphatic heterocycles. The fraction of sp³-hybridized carbons (Fsp3) is 0.562. The summed E-state index contributed by atoms with van der Waals surface area (Å²) >= 11 is 0. The van der Waals surface area contributed by atoms with Crippen molar-refractivity contribution < 1.29 is 29.0 Å². The molecule has 7 unspecified atom stereocenters. The number of ether oxygens (including phenoxy) is 2. The maximum absolute atomic E-state index is 13.9. The predicted molar refractivity (Wildman–Crippen MR) is 227 cm³/mol. The SMILES string of the molecule is CC(=O)NCCCCCC(=O)NCc1cccc(-c2cccc(C3OC(CN4C(C(=O)NC(C)(C)C)CCC5CCCCC54)C(C)C(c4ccc(CO)cc4)O3)c2)c1. The topological polar surface area (TPSA) is 129 Å². The molecule has 10 nitrogen and oxygen atoms in total. The van der Waals surface area contributed by atoms with Crippen LogP contribution in [-0.2, 0) is 37.0 Å². The monoisotopic (exact) mass is 794 g/mol. The van der Waals surface area contributed by atoms with Crippen LogP contribution in [0.4, 0.5) is 0 Å². The van der Waals surface area contributed by atoms with Crippen LogP contribution in [0.5, 0.6) is 0 Å². The molecule has 3 amide bonds. The van der Waals surface area contributed by atoms with E-state index in [-0.39, 0.29) is 54.0 Å². The number of fused-ring (bicyclic) bond motifs is 1. The van der Waals surface area contributed by atoms with E-state index in [1.54, 1.807) is 0 Å².